The molecule has 5 nitrogen and oxygen atoms in total. The van der Waals surface area contributed by atoms with E-state index in [-0.39, 0.29) is 6.04 Å². The molecule has 0 spiro atoms. The Hall–Kier alpha value is -3.18. The van der Waals surface area contributed by atoms with Crippen molar-refractivity contribution in [1.82, 2.24) is 10.3 Å². The molecule has 1 atom stereocenters. The van der Waals surface area contributed by atoms with E-state index in [0.29, 0.717) is 12.0 Å². The molecule has 2 aromatic carbocycles. The van der Waals surface area contributed by atoms with Crippen molar-refractivity contribution in [3.05, 3.63) is 88.7 Å². The quantitative estimate of drug-likeness (QED) is 0.539. The zero-order valence-corrected chi connectivity index (χ0v) is 18.4. The number of aromatic nitrogens is 1. The van der Waals surface area contributed by atoms with Gasteiger partial charge >= 0.3 is 5.97 Å². The van der Waals surface area contributed by atoms with Gasteiger partial charge in [0.15, 0.2) is 0 Å². The lowest BCUT2D eigenvalue weighted by Gasteiger charge is -2.29. The number of hydrogen-bond acceptors (Lipinski definition) is 4. The van der Waals surface area contributed by atoms with E-state index in [9.17, 15) is 9.90 Å². The Morgan fingerprint density at radius 1 is 1.12 bits per heavy atom. The molecular weight excluding hydrogens is 398 g/mol. The lowest BCUT2D eigenvalue weighted by Crippen LogP contribution is -2.30. The Morgan fingerprint density at radius 3 is 2.66 bits per heavy atom. The van der Waals surface area contributed by atoms with Crippen LogP contribution in [-0.2, 0) is 12.8 Å². The second-order valence-electron chi connectivity index (χ2n) is 8.94. The van der Waals surface area contributed by atoms with Crippen LogP contribution in [0.1, 0.15) is 63.8 Å². The number of fused-ring (bicyclic) bond motifs is 1. The maximum Gasteiger partial charge on any atom is 0.336 e. The monoisotopic (exact) mass is 427 g/mol. The summed E-state index contributed by atoms with van der Waals surface area (Å²) in [6.45, 7) is 0.930. The Kier molecular flexibility index (Phi) is 5.66. The van der Waals surface area contributed by atoms with E-state index in [1.165, 1.54) is 40.9 Å². The summed E-state index contributed by atoms with van der Waals surface area (Å²) in [5.74, 6) is -0.113. The number of nitrogens with zero attached hydrogens (tertiary/aromatic N) is 2. The fourth-order valence-electron chi connectivity index (χ4n) is 4.78. The van der Waals surface area contributed by atoms with Gasteiger partial charge in [-0.2, -0.15) is 0 Å². The van der Waals surface area contributed by atoms with E-state index in [4.69, 9.17) is 0 Å². The first-order chi connectivity index (χ1) is 15.6. The molecule has 32 heavy (non-hydrogen) atoms. The van der Waals surface area contributed by atoms with Gasteiger partial charge in [0.25, 0.3) is 0 Å². The Balaban J connectivity index is 1.31. The van der Waals surface area contributed by atoms with Crippen molar-refractivity contribution in [1.29, 1.82) is 0 Å². The third-order valence-corrected chi connectivity index (χ3v) is 6.84. The standard InChI is InChI=1S/C27H29N3O2/c1-30(22-7-4-19(5-8-22)18-2-3-18)23-9-10-24-20(16-23)12-15-29-26(24)11-6-21-17-28-14-13-25(21)27(31)32/h4-5,7-10,13-14,16-18,26,29H,2-3,6,11-12,15H2,1H3,(H,31,32)/t26-/m0/s1. The number of rotatable bonds is 7. The molecular formula is C27H29N3O2. The SMILES string of the molecule is CN(c1ccc(C2CC2)cc1)c1ccc2c(c1)CCN[C@H]2CCc1cnccc1C(=O)O. The summed E-state index contributed by atoms with van der Waals surface area (Å²) in [5.41, 5.74) is 7.69. The molecule has 3 aromatic rings. The number of aryl methyl sites for hydroxylation is 1. The normalized spacial score (nSPS) is 17.6. The van der Waals surface area contributed by atoms with E-state index in [1.807, 2.05) is 0 Å². The second kappa shape index (κ2) is 8.75. The third kappa shape index (κ3) is 4.26. The van der Waals surface area contributed by atoms with Crippen LogP contribution >= 0.6 is 0 Å². The summed E-state index contributed by atoms with van der Waals surface area (Å²) in [6.07, 6.45) is 8.40. The Bertz CT molecular complexity index is 1120. The summed E-state index contributed by atoms with van der Waals surface area (Å²) in [7, 11) is 2.13. The van der Waals surface area contributed by atoms with Gasteiger partial charge in [0, 0.05) is 36.9 Å². The molecule has 1 aliphatic heterocycles. The molecule has 0 amide bonds. The topological polar surface area (TPSA) is 65.5 Å². The average Bonchev–Trinajstić information content (AvgIpc) is 3.68. The van der Waals surface area contributed by atoms with Gasteiger partial charge in [-0.15, -0.1) is 0 Å². The Morgan fingerprint density at radius 2 is 1.91 bits per heavy atom. The second-order valence-corrected chi connectivity index (χ2v) is 8.94. The van der Waals surface area contributed by atoms with Crippen molar-refractivity contribution in [2.45, 2.75) is 44.1 Å². The minimum atomic E-state index is -0.891. The van der Waals surface area contributed by atoms with Gasteiger partial charge < -0.3 is 15.3 Å². The van der Waals surface area contributed by atoms with Crippen LogP contribution in [-0.4, -0.2) is 29.7 Å². The van der Waals surface area contributed by atoms with Gasteiger partial charge in [-0.3, -0.25) is 4.98 Å². The molecule has 0 radical (unpaired) electrons. The van der Waals surface area contributed by atoms with Crippen molar-refractivity contribution in [2.24, 2.45) is 0 Å². The highest BCUT2D eigenvalue weighted by Gasteiger charge is 2.24. The number of hydrogen-bond donors (Lipinski definition) is 2. The fraction of sp³-hybridized carbons (Fsp3) is 0.333. The first-order valence-electron chi connectivity index (χ1n) is 11.5. The number of anilines is 2. The number of aromatic carboxylic acids is 1. The molecule has 1 fully saturated rings. The zero-order chi connectivity index (χ0) is 22.1. The van der Waals surface area contributed by atoms with E-state index in [0.717, 1.165) is 30.9 Å². The van der Waals surface area contributed by atoms with Crippen LogP contribution in [0.15, 0.2) is 60.9 Å². The van der Waals surface area contributed by atoms with Crippen molar-refractivity contribution in [2.75, 3.05) is 18.5 Å². The molecule has 2 N–H and O–H groups in total. The summed E-state index contributed by atoms with van der Waals surface area (Å²) < 4.78 is 0. The van der Waals surface area contributed by atoms with Crippen LogP contribution < -0.4 is 10.2 Å². The van der Waals surface area contributed by atoms with Crippen molar-refractivity contribution in [3.63, 3.8) is 0 Å². The molecule has 2 heterocycles. The Labute approximate surface area is 189 Å². The first kappa shape index (κ1) is 20.7. The van der Waals surface area contributed by atoms with Crippen molar-refractivity contribution < 1.29 is 9.90 Å². The van der Waals surface area contributed by atoms with Gasteiger partial charge in [0.05, 0.1) is 5.56 Å². The fourth-order valence-corrected chi connectivity index (χ4v) is 4.78. The molecule has 0 saturated heterocycles. The number of carboxylic acid groups (broad SMARTS) is 1. The summed E-state index contributed by atoms with van der Waals surface area (Å²) >= 11 is 0. The van der Waals surface area contributed by atoms with Gasteiger partial charge in [-0.25, -0.2) is 4.79 Å². The minimum Gasteiger partial charge on any atom is -0.478 e. The minimum absolute atomic E-state index is 0.220. The highest BCUT2D eigenvalue weighted by molar-refractivity contribution is 5.89. The number of pyridine rings is 1. The summed E-state index contributed by atoms with van der Waals surface area (Å²) in [6, 6.07) is 17.5. The van der Waals surface area contributed by atoms with Crippen LogP contribution in [0, 0.1) is 0 Å². The smallest absolute Gasteiger partial charge is 0.336 e. The molecule has 5 heteroatoms. The van der Waals surface area contributed by atoms with Gasteiger partial charge in [-0.05, 0) is 97.2 Å². The number of nitrogens with one attached hydrogen (secondary N) is 1. The van der Waals surface area contributed by atoms with Crippen LogP contribution in [0.2, 0.25) is 0 Å². The molecule has 1 aliphatic carbocycles. The molecule has 1 aromatic heterocycles. The van der Waals surface area contributed by atoms with Crippen LogP contribution in [0.3, 0.4) is 0 Å². The molecule has 0 bridgehead atoms. The highest BCUT2D eigenvalue weighted by Crippen LogP contribution is 2.41. The molecule has 2 aliphatic rings. The van der Waals surface area contributed by atoms with E-state index < -0.39 is 5.97 Å². The molecule has 1 saturated carbocycles. The van der Waals surface area contributed by atoms with E-state index >= 15 is 0 Å². The summed E-state index contributed by atoms with van der Waals surface area (Å²) in [5, 5.41) is 13.0. The highest BCUT2D eigenvalue weighted by atomic mass is 16.4. The molecule has 164 valence electrons. The average molecular weight is 428 g/mol. The van der Waals surface area contributed by atoms with Crippen LogP contribution in [0.25, 0.3) is 0 Å². The van der Waals surface area contributed by atoms with E-state index in [2.05, 4.69) is 64.7 Å². The maximum absolute atomic E-state index is 11.5. The summed E-state index contributed by atoms with van der Waals surface area (Å²) in [4.78, 5) is 17.9. The number of carbonyl (C=O) groups is 1. The molecule has 0 unspecified atom stereocenters. The largest absolute Gasteiger partial charge is 0.478 e. The predicted octanol–water partition coefficient (Wildman–Crippen LogP) is 5.24. The van der Waals surface area contributed by atoms with E-state index in [1.54, 1.807) is 18.5 Å². The van der Waals surface area contributed by atoms with Crippen molar-refractivity contribution >= 4 is 17.3 Å². The van der Waals surface area contributed by atoms with Gasteiger partial charge in [0.1, 0.15) is 0 Å². The van der Waals surface area contributed by atoms with Crippen molar-refractivity contribution in [3.8, 4) is 0 Å². The maximum atomic E-state index is 11.5. The number of carboxylic acids is 1. The lowest BCUT2D eigenvalue weighted by atomic mass is 9.89. The first-order valence-corrected chi connectivity index (χ1v) is 11.5. The zero-order valence-electron chi connectivity index (χ0n) is 18.4. The number of benzene rings is 2. The van der Waals surface area contributed by atoms with Gasteiger partial charge in [-0.1, -0.05) is 18.2 Å². The predicted molar refractivity (Wildman–Crippen MR) is 127 cm³/mol. The lowest BCUT2D eigenvalue weighted by molar-refractivity contribution is 0.0695. The third-order valence-electron chi connectivity index (χ3n) is 6.84. The van der Waals surface area contributed by atoms with Gasteiger partial charge in [0.2, 0.25) is 0 Å². The van der Waals surface area contributed by atoms with Crippen LogP contribution in [0.4, 0.5) is 11.4 Å². The van der Waals surface area contributed by atoms with Crippen LogP contribution in [0.5, 0.6) is 0 Å². The molecule has 5 rings (SSSR count).